The lowest BCUT2D eigenvalue weighted by atomic mass is 10.2. The fourth-order valence-corrected chi connectivity index (χ4v) is 3.55. The summed E-state index contributed by atoms with van der Waals surface area (Å²) in [5.74, 6) is -0.589. The summed E-state index contributed by atoms with van der Waals surface area (Å²) in [7, 11) is -3.58. The molecule has 146 valence electrons. The average molecular weight is 459 g/mol. The van der Waals surface area contributed by atoms with Crippen LogP contribution in [0.1, 0.15) is 13.8 Å². The van der Waals surface area contributed by atoms with Gasteiger partial charge in [-0.15, -0.1) is 0 Å². The van der Waals surface area contributed by atoms with Crippen LogP contribution in [-0.2, 0) is 14.8 Å². The average Bonchev–Trinajstić information content (AvgIpc) is 2.61. The zero-order chi connectivity index (χ0) is 20.0. The number of rotatable bonds is 8. The maximum Gasteiger partial charge on any atom is 0.262 e. The van der Waals surface area contributed by atoms with E-state index >= 15 is 0 Å². The lowest BCUT2D eigenvalue weighted by Gasteiger charge is -2.10. The smallest absolute Gasteiger partial charge is 0.262 e. The lowest BCUT2D eigenvalue weighted by Crippen LogP contribution is -2.27. The Hall–Kier alpha value is -1.97. The molecule has 0 aliphatic rings. The van der Waals surface area contributed by atoms with Crippen LogP contribution in [0.4, 0.5) is 10.1 Å². The topological polar surface area (TPSA) is 84.5 Å². The third-order valence-electron chi connectivity index (χ3n) is 3.39. The number of hydrogen-bond donors (Lipinski definition) is 2. The maximum atomic E-state index is 13.7. The zero-order valence-electron chi connectivity index (χ0n) is 14.8. The van der Waals surface area contributed by atoms with E-state index in [9.17, 15) is 17.6 Å². The summed E-state index contributed by atoms with van der Waals surface area (Å²) in [6.45, 7) is 3.82. The molecule has 2 aromatic carbocycles. The molecule has 2 aromatic rings. The van der Waals surface area contributed by atoms with Crippen molar-refractivity contribution >= 4 is 37.5 Å². The Bertz CT molecular complexity index is 902. The van der Waals surface area contributed by atoms with Crippen molar-refractivity contribution in [1.82, 2.24) is 4.72 Å². The highest BCUT2D eigenvalue weighted by Crippen LogP contribution is 2.20. The second-order valence-corrected chi connectivity index (χ2v) is 8.86. The summed E-state index contributed by atoms with van der Waals surface area (Å²) < 4.78 is 46.3. The van der Waals surface area contributed by atoms with Gasteiger partial charge >= 0.3 is 0 Å². The predicted molar refractivity (Wildman–Crippen MR) is 105 cm³/mol. The minimum absolute atomic E-state index is 0.0458. The number of anilines is 1. The summed E-state index contributed by atoms with van der Waals surface area (Å²) in [5, 5.41) is 2.40. The minimum Gasteiger partial charge on any atom is -0.484 e. The van der Waals surface area contributed by atoms with E-state index < -0.39 is 21.7 Å². The largest absolute Gasteiger partial charge is 0.484 e. The fourth-order valence-electron chi connectivity index (χ4n) is 2.00. The van der Waals surface area contributed by atoms with Crippen molar-refractivity contribution in [3.63, 3.8) is 0 Å². The van der Waals surface area contributed by atoms with Crippen LogP contribution in [0.5, 0.6) is 5.75 Å². The van der Waals surface area contributed by atoms with Crippen LogP contribution in [-0.4, -0.2) is 27.5 Å². The number of nitrogens with one attached hydrogen (secondary N) is 2. The van der Waals surface area contributed by atoms with Gasteiger partial charge in [-0.1, -0.05) is 29.8 Å². The van der Waals surface area contributed by atoms with Crippen molar-refractivity contribution in [2.75, 3.05) is 18.5 Å². The molecule has 0 aliphatic heterocycles. The monoisotopic (exact) mass is 458 g/mol. The van der Waals surface area contributed by atoms with Gasteiger partial charge in [0.2, 0.25) is 10.0 Å². The van der Waals surface area contributed by atoms with Crippen LogP contribution >= 0.6 is 15.9 Å². The van der Waals surface area contributed by atoms with Gasteiger partial charge in [-0.25, -0.2) is 17.5 Å². The molecule has 0 atom stereocenters. The molecular weight excluding hydrogens is 439 g/mol. The molecule has 0 heterocycles. The van der Waals surface area contributed by atoms with Gasteiger partial charge in [0.15, 0.2) is 6.61 Å². The van der Waals surface area contributed by atoms with Crippen molar-refractivity contribution in [3.05, 3.63) is 52.8 Å². The van der Waals surface area contributed by atoms with Crippen molar-refractivity contribution < 1.29 is 22.3 Å². The molecule has 0 fully saturated rings. The van der Waals surface area contributed by atoms with E-state index in [-0.39, 0.29) is 23.1 Å². The Labute approximate surface area is 166 Å². The molecule has 0 radical (unpaired) electrons. The number of ether oxygens (including phenoxy) is 1. The number of sulfonamides is 1. The first-order chi connectivity index (χ1) is 12.7. The zero-order valence-corrected chi connectivity index (χ0v) is 17.2. The summed E-state index contributed by atoms with van der Waals surface area (Å²) in [6, 6.07) is 9.97. The molecule has 0 bridgehead atoms. The van der Waals surface area contributed by atoms with Gasteiger partial charge in [0.05, 0.1) is 10.6 Å². The molecule has 2 rings (SSSR count). The highest BCUT2D eigenvalue weighted by Gasteiger charge is 2.14. The van der Waals surface area contributed by atoms with Gasteiger partial charge in [-0.2, -0.15) is 0 Å². The molecule has 0 saturated heterocycles. The second-order valence-electron chi connectivity index (χ2n) is 6.18. The molecule has 2 N–H and O–H groups in total. The Balaban J connectivity index is 1.91. The van der Waals surface area contributed by atoms with E-state index in [0.717, 1.165) is 0 Å². The molecular formula is C18H20BrFN2O4S. The van der Waals surface area contributed by atoms with Gasteiger partial charge < -0.3 is 10.1 Å². The first-order valence-corrected chi connectivity index (χ1v) is 10.4. The van der Waals surface area contributed by atoms with Crippen molar-refractivity contribution in [1.29, 1.82) is 0 Å². The molecule has 0 saturated carbocycles. The number of carbonyl (C=O) groups is 1. The Morgan fingerprint density at radius 3 is 2.44 bits per heavy atom. The van der Waals surface area contributed by atoms with Crippen molar-refractivity contribution in [2.24, 2.45) is 5.92 Å². The molecule has 6 nitrogen and oxygen atoms in total. The van der Waals surface area contributed by atoms with Crippen LogP contribution in [0.3, 0.4) is 0 Å². The molecule has 1 amide bonds. The normalized spacial score (nSPS) is 11.4. The standard InChI is InChI=1S/C18H20BrFN2O4S/c1-12(2)10-21-27(24,25)15-6-4-14(5-7-15)26-11-18(23)22-17-8-3-13(19)9-16(17)20/h3-9,12,21H,10-11H2,1-2H3,(H,22,23). The minimum atomic E-state index is -3.58. The van der Waals surface area contributed by atoms with Gasteiger partial charge in [0.1, 0.15) is 11.6 Å². The van der Waals surface area contributed by atoms with E-state index in [1.165, 1.54) is 36.4 Å². The number of halogens is 2. The van der Waals surface area contributed by atoms with Crippen molar-refractivity contribution in [3.8, 4) is 5.75 Å². The Morgan fingerprint density at radius 2 is 1.85 bits per heavy atom. The van der Waals surface area contributed by atoms with E-state index in [4.69, 9.17) is 4.74 Å². The van der Waals surface area contributed by atoms with E-state index in [1.807, 2.05) is 13.8 Å². The number of hydrogen-bond acceptors (Lipinski definition) is 4. The number of carbonyl (C=O) groups excluding carboxylic acids is 1. The summed E-state index contributed by atoms with van der Waals surface area (Å²) >= 11 is 3.14. The number of benzene rings is 2. The predicted octanol–water partition coefficient (Wildman–Crippen LogP) is 3.54. The summed E-state index contributed by atoms with van der Waals surface area (Å²) in [6.07, 6.45) is 0. The SMILES string of the molecule is CC(C)CNS(=O)(=O)c1ccc(OCC(=O)Nc2ccc(Br)cc2F)cc1. The van der Waals surface area contributed by atoms with Crippen LogP contribution in [0.2, 0.25) is 0 Å². The van der Waals surface area contributed by atoms with Gasteiger partial charge in [-0.3, -0.25) is 4.79 Å². The molecule has 27 heavy (non-hydrogen) atoms. The quantitative estimate of drug-likeness (QED) is 0.633. The third-order valence-corrected chi connectivity index (χ3v) is 5.32. The van der Waals surface area contributed by atoms with Crippen LogP contribution in [0.15, 0.2) is 51.8 Å². The van der Waals surface area contributed by atoms with Gasteiger partial charge in [0.25, 0.3) is 5.91 Å². The first kappa shape index (κ1) is 21.3. The molecule has 0 aliphatic carbocycles. The summed E-state index contributed by atoms with van der Waals surface area (Å²) in [5.41, 5.74) is 0.0458. The fraction of sp³-hybridized carbons (Fsp3) is 0.278. The maximum absolute atomic E-state index is 13.7. The number of amides is 1. The van der Waals surface area contributed by atoms with Crippen LogP contribution < -0.4 is 14.8 Å². The molecule has 0 spiro atoms. The second kappa shape index (κ2) is 9.29. The molecule has 9 heteroatoms. The first-order valence-electron chi connectivity index (χ1n) is 8.15. The molecule has 0 unspecified atom stereocenters. The lowest BCUT2D eigenvalue weighted by molar-refractivity contribution is -0.118. The van der Waals surface area contributed by atoms with E-state index in [0.29, 0.717) is 16.8 Å². The highest BCUT2D eigenvalue weighted by molar-refractivity contribution is 9.10. The molecule has 0 aromatic heterocycles. The van der Waals surface area contributed by atoms with Crippen LogP contribution in [0.25, 0.3) is 0 Å². The third kappa shape index (κ3) is 6.60. The van der Waals surface area contributed by atoms with E-state index in [1.54, 1.807) is 6.07 Å². The van der Waals surface area contributed by atoms with E-state index in [2.05, 4.69) is 26.0 Å². The Kier molecular flexibility index (Phi) is 7.34. The van der Waals surface area contributed by atoms with Crippen molar-refractivity contribution in [2.45, 2.75) is 18.7 Å². The van der Waals surface area contributed by atoms with Gasteiger partial charge in [0, 0.05) is 11.0 Å². The Morgan fingerprint density at radius 1 is 1.19 bits per heavy atom. The van der Waals surface area contributed by atoms with Gasteiger partial charge in [-0.05, 0) is 48.4 Å². The highest BCUT2D eigenvalue weighted by atomic mass is 79.9. The van der Waals surface area contributed by atoms with Crippen LogP contribution in [0, 0.1) is 11.7 Å². The summed E-state index contributed by atoms with van der Waals surface area (Å²) in [4.78, 5) is 12.0.